The molecule has 11 nitrogen and oxygen atoms in total. The van der Waals surface area contributed by atoms with Crippen molar-refractivity contribution < 1.29 is 24.6 Å². The summed E-state index contributed by atoms with van der Waals surface area (Å²) in [7, 11) is 0. The van der Waals surface area contributed by atoms with E-state index in [1.807, 2.05) is 6.92 Å². The molecule has 11 N–H and O–H groups in total. The summed E-state index contributed by atoms with van der Waals surface area (Å²) in [5.74, 6) is -1.53. The quantitative estimate of drug-likeness (QED) is 0.247. The maximum absolute atomic E-state index is 13.0. The van der Waals surface area contributed by atoms with Crippen LogP contribution in [0.25, 0.3) is 11.1 Å². The first kappa shape index (κ1) is 30.6. The van der Waals surface area contributed by atoms with Gasteiger partial charge in [-0.2, -0.15) is 0 Å². The normalized spacial score (nSPS) is 19.6. The summed E-state index contributed by atoms with van der Waals surface area (Å²) >= 11 is 0. The molecule has 2 unspecified atom stereocenters. The molecule has 2 aromatic carbocycles. The average molecular weight is 529 g/mol. The number of nitrogens with two attached hydrogens (primary N) is 3. The molecule has 0 saturated heterocycles. The number of hydrogen-bond donors (Lipinski definition) is 8. The van der Waals surface area contributed by atoms with Gasteiger partial charge < -0.3 is 43.4 Å². The number of nitrogens with one attached hydrogen (secondary N) is 3. The zero-order valence-corrected chi connectivity index (χ0v) is 22.0. The van der Waals surface area contributed by atoms with Crippen LogP contribution in [0, 0.1) is 0 Å². The molecule has 3 rings (SSSR count). The van der Waals surface area contributed by atoms with Gasteiger partial charge in [0.05, 0.1) is 6.04 Å². The highest BCUT2D eigenvalue weighted by Crippen LogP contribution is 2.30. The van der Waals surface area contributed by atoms with E-state index >= 15 is 0 Å². The highest BCUT2D eigenvalue weighted by molar-refractivity contribution is 5.93. The molecule has 1 aliphatic heterocycles. The third kappa shape index (κ3) is 8.44. The second-order valence-corrected chi connectivity index (χ2v) is 9.07. The monoisotopic (exact) mass is 528 g/mol. The predicted molar refractivity (Wildman–Crippen MR) is 146 cm³/mol. The van der Waals surface area contributed by atoms with Gasteiger partial charge in [-0.15, -0.1) is 0 Å². The summed E-state index contributed by atoms with van der Waals surface area (Å²) in [5.41, 5.74) is 18.9. The number of amides is 3. The molecule has 11 heteroatoms. The van der Waals surface area contributed by atoms with Crippen molar-refractivity contribution in [3.8, 4) is 22.6 Å². The molecule has 0 saturated carbocycles. The van der Waals surface area contributed by atoms with Gasteiger partial charge in [0, 0.05) is 19.4 Å². The van der Waals surface area contributed by atoms with Crippen LogP contribution >= 0.6 is 0 Å². The summed E-state index contributed by atoms with van der Waals surface area (Å²) < 4.78 is 0. The van der Waals surface area contributed by atoms with Gasteiger partial charge in [-0.05, 0) is 72.5 Å². The minimum Gasteiger partial charge on any atom is -0.508 e. The Morgan fingerprint density at radius 1 is 0.947 bits per heavy atom. The van der Waals surface area contributed by atoms with Crippen LogP contribution in [0.5, 0.6) is 11.5 Å². The topological polar surface area (TPSA) is 206 Å². The van der Waals surface area contributed by atoms with Crippen molar-refractivity contribution >= 4 is 17.7 Å². The number of carbonyl (C=O) groups excluding carboxylic acids is 3. The molecule has 38 heavy (non-hydrogen) atoms. The molecule has 2 aromatic rings. The van der Waals surface area contributed by atoms with Gasteiger partial charge in [-0.3, -0.25) is 14.4 Å². The fraction of sp³-hybridized carbons (Fsp3) is 0.444. The molecule has 0 fully saturated rings. The van der Waals surface area contributed by atoms with Gasteiger partial charge in [0.1, 0.15) is 23.6 Å². The molecule has 1 heterocycles. The van der Waals surface area contributed by atoms with Crippen LogP contribution in [-0.2, 0) is 27.2 Å². The molecular formula is C27H40N6O5. The van der Waals surface area contributed by atoms with Gasteiger partial charge in [0.25, 0.3) is 0 Å². The second-order valence-electron chi connectivity index (χ2n) is 9.07. The third-order valence-corrected chi connectivity index (χ3v) is 6.05. The first-order chi connectivity index (χ1) is 18.1. The Morgan fingerprint density at radius 2 is 1.50 bits per heavy atom. The molecule has 3 amide bonds. The van der Waals surface area contributed by atoms with E-state index in [0.717, 1.165) is 17.7 Å². The number of rotatable bonds is 5. The Bertz CT molecular complexity index is 1110. The number of aromatic hydroxyl groups is 2. The van der Waals surface area contributed by atoms with E-state index in [0.29, 0.717) is 30.6 Å². The third-order valence-electron chi connectivity index (χ3n) is 6.05. The molecule has 1 aliphatic rings. The molecule has 0 aromatic heterocycles. The van der Waals surface area contributed by atoms with Gasteiger partial charge in [0.15, 0.2) is 0 Å². The smallest absolute Gasteiger partial charge is 0.243 e. The van der Waals surface area contributed by atoms with Gasteiger partial charge >= 0.3 is 0 Å². The number of phenols is 2. The molecule has 0 aliphatic carbocycles. The van der Waals surface area contributed by atoms with Crippen molar-refractivity contribution in [2.75, 3.05) is 19.6 Å². The zero-order valence-electron chi connectivity index (χ0n) is 22.0. The minimum atomic E-state index is -1.01. The van der Waals surface area contributed by atoms with E-state index in [1.54, 1.807) is 31.2 Å². The lowest BCUT2D eigenvalue weighted by atomic mass is 9.95. The predicted octanol–water partition coefficient (Wildman–Crippen LogP) is 0.000300. The summed E-state index contributed by atoms with van der Waals surface area (Å²) in [6, 6.07) is 7.01. The van der Waals surface area contributed by atoms with Crippen LogP contribution in [0.4, 0.5) is 0 Å². The maximum atomic E-state index is 13.0. The van der Waals surface area contributed by atoms with Crippen molar-refractivity contribution in [3.63, 3.8) is 0 Å². The molecule has 3 atom stereocenters. The Hall–Kier alpha value is -3.67. The number of benzene rings is 2. The average Bonchev–Trinajstić information content (AvgIpc) is 2.89. The fourth-order valence-corrected chi connectivity index (χ4v) is 3.96. The standard InChI is InChI=1S/C25H33N5O5.C2H7N/c1-2-19-25(35)30-20(24(34)28-9-3-8-26)13-17-11-15(5-7-22(17)32)14-4-6-21(31)16(10-14)12-18(27)23(33)29-19;1-2-3/h4-7,10-11,18-20,31-32H,2-3,8-9,12-13,26-27H2,1H3,(H,28,34)(H,29,33)(H,30,35);2-3H2,1H3/t18?,19-,20?;/m0./s1. The Morgan fingerprint density at radius 3 is 2.03 bits per heavy atom. The van der Waals surface area contributed by atoms with Crippen LogP contribution in [0.3, 0.4) is 0 Å². The van der Waals surface area contributed by atoms with Crippen molar-refractivity contribution in [1.82, 2.24) is 16.0 Å². The van der Waals surface area contributed by atoms with E-state index < -0.39 is 35.8 Å². The zero-order chi connectivity index (χ0) is 28.2. The fourth-order valence-electron chi connectivity index (χ4n) is 3.96. The highest BCUT2D eigenvalue weighted by Gasteiger charge is 2.28. The van der Waals surface area contributed by atoms with E-state index in [4.69, 9.17) is 17.2 Å². The van der Waals surface area contributed by atoms with Crippen LogP contribution in [0.1, 0.15) is 37.8 Å². The van der Waals surface area contributed by atoms with Crippen molar-refractivity contribution in [2.24, 2.45) is 17.2 Å². The molecule has 0 radical (unpaired) electrons. The highest BCUT2D eigenvalue weighted by atomic mass is 16.3. The lowest BCUT2D eigenvalue weighted by Crippen LogP contribution is -2.56. The van der Waals surface area contributed by atoms with Gasteiger partial charge in [0.2, 0.25) is 17.7 Å². The van der Waals surface area contributed by atoms with Crippen LogP contribution in [-0.4, -0.2) is 65.7 Å². The maximum Gasteiger partial charge on any atom is 0.243 e. The van der Waals surface area contributed by atoms with Crippen molar-refractivity contribution in [1.29, 1.82) is 0 Å². The second kappa shape index (κ2) is 14.9. The lowest BCUT2D eigenvalue weighted by Gasteiger charge is -2.24. The minimum absolute atomic E-state index is 0.000632. The lowest BCUT2D eigenvalue weighted by molar-refractivity contribution is -0.132. The first-order valence-electron chi connectivity index (χ1n) is 12.8. The molecule has 208 valence electrons. The summed E-state index contributed by atoms with van der Waals surface area (Å²) in [6.07, 6.45) is 0.921. The molecule has 0 spiro atoms. The number of fused-ring (bicyclic) bond motifs is 5. The molecule has 4 bridgehead atoms. The first-order valence-corrected chi connectivity index (χ1v) is 12.8. The summed E-state index contributed by atoms with van der Waals surface area (Å²) in [4.78, 5) is 38.7. The number of hydrogen-bond acceptors (Lipinski definition) is 8. The Balaban J connectivity index is 0.00000161. The summed E-state index contributed by atoms with van der Waals surface area (Å²) in [6.45, 7) is 5.12. The summed E-state index contributed by atoms with van der Waals surface area (Å²) in [5, 5.41) is 28.9. The SMILES string of the molecule is CCN.CC[C@@H]1NC(=O)C(N)Cc2cc(ccc2O)-c2ccc(O)c(c2)CC(C(=O)NCCCN)NC1=O. The van der Waals surface area contributed by atoms with E-state index in [-0.39, 0.29) is 30.8 Å². The van der Waals surface area contributed by atoms with Crippen molar-refractivity contribution in [3.05, 3.63) is 47.5 Å². The van der Waals surface area contributed by atoms with Crippen molar-refractivity contribution in [2.45, 2.75) is 57.7 Å². The van der Waals surface area contributed by atoms with Crippen LogP contribution in [0.2, 0.25) is 0 Å². The van der Waals surface area contributed by atoms with Gasteiger partial charge in [-0.25, -0.2) is 0 Å². The Kier molecular flexibility index (Phi) is 12.0. The van der Waals surface area contributed by atoms with E-state index in [1.165, 1.54) is 12.1 Å². The number of carbonyl (C=O) groups is 3. The molecular weight excluding hydrogens is 488 g/mol. The van der Waals surface area contributed by atoms with Crippen LogP contribution in [0.15, 0.2) is 36.4 Å². The van der Waals surface area contributed by atoms with Gasteiger partial charge in [-0.1, -0.05) is 26.0 Å². The largest absolute Gasteiger partial charge is 0.508 e. The number of phenolic OH excluding ortho intramolecular Hbond substituents is 2. The van der Waals surface area contributed by atoms with E-state index in [9.17, 15) is 24.6 Å². The Labute approximate surface area is 223 Å². The van der Waals surface area contributed by atoms with Crippen LogP contribution < -0.4 is 33.2 Å². The van der Waals surface area contributed by atoms with E-state index in [2.05, 4.69) is 16.0 Å².